The van der Waals surface area contributed by atoms with Crippen LogP contribution in [0.15, 0.2) is 212 Å². The normalized spacial score (nSPS) is 11.3. The molecule has 0 atom stereocenters. The second kappa shape index (κ2) is 13.7. The van der Waals surface area contributed by atoms with Crippen molar-refractivity contribution in [3.8, 4) is 44.5 Å². The summed E-state index contributed by atoms with van der Waals surface area (Å²) in [5.74, 6) is 0. The van der Waals surface area contributed by atoms with Gasteiger partial charge in [-0.3, -0.25) is 0 Å². The van der Waals surface area contributed by atoms with Gasteiger partial charge in [0.15, 0.2) is 0 Å². The zero-order chi connectivity index (χ0) is 35.8. The highest BCUT2D eigenvalue weighted by atomic mass is 32.1. The van der Waals surface area contributed by atoms with E-state index in [-0.39, 0.29) is 0 Å². The summed E-state index contributed by atoms with van der Waals surface area (Å²) in [6.45, 7) is 0. The average molecular weight is 706 g/mol. The van der Waals surface area contributed by atoms with Crippen LogP contribution in [0.3, 0.4) is 0 Å². The molecule has 0 amide bonds. The van der Waals surface area contributed by atoms with Crippen molar-refractivity contribution in [3.63, 3.8) is 0 Å². The molecule has 254 valence electrons. The smallest absolute Gasteiger partial charge is 0.0640 e. The maximum absolute atomic E-state index is 2.42. The number of hydrogen-bond donors (Lipinski definition) is 0. The minimum absolute atomic E-state index is 1.11. The molecule has 10 aromatic rings. The van der Waals surface area contributed by atoms with E-state index in [1.54, 1.807) is 0 Å². The molecular weight excluding hydrogens is 671 g/mol. The van der Waals surface area contributed by atoms with Crippen molar-refractivity contribution in [2.75, 3.05) is 4.90 Å². The molecule has 0 spiro atoms. The molecule has 0 saturated carbocycles. The van der Waals surface area contributed by atoms with Crippen LogP contribution in [0.2, 0.25) is 0 Å². The molecule has 1 heterocycles. The molecular formula is C52H35NS. The van der Waals surface area contributed by atoms with Crippen LogP contribution in [-0.2, 0) is 0 Å². The molecule has 9 aromatic carbocycles. The third-order valence-corrected chi connectivity index (χ3v) is 11.7. The third kappa shape index (κ3) is 5.74. The average Bonchev–Trinajstić information content (AvgIpc) is 3.65. The maximum Gasteiger partial charge on any atom is 0.0640 e. The van der Waals surface area contributed by atoms with Crippen molar-refractivity contribution < 1.29 is 0 Å². The number of hydrogen-bond acceptors (Lipinski definition) is 2. The van der Waals surface area contributed by atoms with Crippen molar-refractivity contribution >= 4 is 59.3 Å². The van der Waals surface area contributed by atoms with E-state index in [9.17, 15) is 0 Å². The summed E-state index contributed by atoms with van der Waals surface area (Å²) in [7, 11) is 0. The van der Waals surface area contributed by atoms with Crippen molar-refractivity contribution in [2.45, 2.75) is 0 Å². The van der Waals surface area contributed by atoms with E-state index in [2.05, 4.69) is 217 Å². The molecule has 0 aliphatic carbocycles. The molecule has 1 nitrogen and oxygen atoms in total. The van der Waals surface area contributed by atoms with Gasteiger partial charge in [-0.05, 0) is 97.7 Å². The fourth-order valence-electron chi connectivity index (χ4n) is 7.82. The van der Waals surface area contributed by atoms with Gasteiger partial charge in [-0.25, -0.2) is 0 Å². The summed E-state index contributed by atoms with van der Waals surface area (Å²) >= 11 is 1.89. The molecule has 10 rings (SSSR count). The number of thiophene rings is 1. The fourth-order valence-corrected chi connectivity index (χ4v) is 9.16. The lowest BCUT2D eigenvalue weighted by Gasteiger charge is -2.26. The van der Waals surface area contributed by atoms with Crippen LogP contribution in [-0.4, -0.2) is 0 Å². The fraction of sp³-hybridized carbons (Fsp3) is 0. The zero-order valence-corrected chi connectivity index (χ0v) is 30.4. The van der Waals surface area contributed by atoms with Gasteiger partial charge in [-0.2, -0.15) is 0 Å². The zero-order valence-electron chi connectivity index (χ0n) is 29.6. The van der Waals surface area contributed by atoms with Crippen molar-refractivity contribution in [1.29, 1.82) is 0 Å². The SMILES string of the molecule is c1ccc(-c2ccc(N(c3ccc(-c4cc(-c5ccccc5)c5ccccc5c4)cc3)c3cccc4c3sc3c(-c5ccccc5)cccc34)cc2)cc1. The molecule has 54 heavy (non-hydrogen) atoms. The second-order valence-corrected chi connectivity index (χ2v) is 14.7. The number of benzene rings is 9. The first-order valence-corrected chi connectivity index (χ1v) is 19.2. The minimum Gasteiger partial charge on any atom is -0.309 e. The molecule has 2 heteroatoms. The highest BCUT2D eigenvalue weighted by Crippen LogP contribution is 2.47. The van der Waals surface area contributed by atoms with E-state index in [0.717, 1.165) is 11.4 Å². The summed E-state index contributed by atoms with van der Waals surface area (Å²) in [6, 6.07) is 77.0. The Labute approximate surface area is 319 Å². The Bertz CT molecular complexity index is 2890. The predicted molar refractivity (Wildman–Crippen MR) is 233 cm³/mol. The molecule has 0 aliphatic rings. The van der Waals surface area contributed by atoms with Gasteiger partial charge in [-0.15, -0.1) is 11.3 Å². The third-order valence-electron chi connectivity index (χ3n) is 10.5. The number of fused-ring (bicyclic) bond motifs is 4. The maximum atomic E-state index is 2.42. The second-order valence-electron chi connectivity index (χ2n) is 13.7. The first kappa shape index (κ1) is 32.0. The van der Waals surface area contributed by atoms with Crippen LogP contribution in [0.4, 0.5) is 17.1 Å². The summed E-state index contributed by atoms with van der Waals surface area (Å²) < 4.78 is 2.58. The van der Waals surface area contributed by atoms with Gasteiger partial charge in [0, 0.05) is 26.8 Å². The van der Waals surface area contributed by atoms with E-state index in [1.807, 2.05) is 11.3 Å². The summed E-state index contributed by atoms with van der Waals surface area (Å²) in [4.78, 5) is 2.42. The Hall–Kier alpha value is -6.74. The van der Waals surface area contributed by atoms with Crippen molar-refractivity contribution in [2.24, 2.45) is 0 Å². The van der Waals surface area contributed by atoms with E-state index in [4.69, 9.17) is 0 Å². The Balaban J connectivity index is 1.13. The number of nitrogens with zero attached hydrogens (tertiary/aromatic N) is 1. The van der Waals surface area contributed by atoms with Crippen molar-refractivity contribution in [1.82, 2.24) is 0 Å². The molecule has 0 aliphatic heterocycles. The Morgan fingerprint density at radius 1 is 0.296 bits per heavy atom. The first-order valence-electron chi connectivity index (χ1n) is 18.4. The van der Waals surface area contributed by atoms with Crippen LogP contribution in [0.25, 0.3) is 75.5 Å². The summed E-state index contributed by atoms with van der Waals surface area (Å²) in [5.41, 5.74) is 13.2. The van der Waals surface area contributed by atoms with E-state index >= 15 is 0 Å². The van der Waals surface area contributed by atoms with Crippen LogP contribution in [0.1, 0.15) is 0 Å². The topological polar surface area (TPSA) is 3.24 Å². The minimum atomic E-state index is 1.11. The number of anilines is 3. The molecule has 0 N–H and O–H groups in total. The molecule has 0 fully saturated rings. The molecule has 0 bridgehead atoms. The van der Waals surface area contributed by atoms with E-state index in [0.29, 0.717) is 0 Å². The van der Waals surface area contributed by atoms with Gasteiger partial charge in [0.25, 0.3) is 0 Å². The first-order chi connectivity index (χ1) is 26.8. The van der Waals surface area contributed by atoms with Gasteiger partial charge in [0.1, 0.15) is 0 Å². The lowest BCUT2D eigenvalue weighted by Crippen LogP contribution is -2.10. The lowest BCUT2D eigenvalue weighted by atomic mass is 9.93. The Kier molecular flexibility index (Phi) is 8.09. The van der Waals surface area contributed by atoms with Crippen molar-refractivity contribution in [3.05, 3.63) is 212 Å². The van der Waals surface area contributed by atoms with Gasteiger partial charge in [0.2, 0.25) is 0 Å². The highest BCUT2D eigenvalue weighted by Gasteiger charge is 2.20. The van der Waals surface area contributed by atoms with Gasteiger partial charge >= 0.3 is 0 Å². The predicted octanol–water partition coefficient (Wildman–Crippen LogP) is 15.3. The summed E-state index contributed by atoms with van der Waals surface area (Å²) in [6.07, 6.45) is 0. The lowest BCUT2D eigenvalue weighted by molar-refractivity contribution is 1.30. The van der Waals surface area contributed by atoms with Crippen LogP contribution >= 0.6 is 11.3 Å². The van der Waals surface area contributed by atoms with Gasteiger partial charge in [-0.1, -0.05) is 170 Å². The molecule has 0 unspecified atom stereocenters. The molecule has 0 radical (unpaired) electrons. The largest absolute Gasteiger partial charge is 0.309 e. The van der Waals surface area contributed by atoms with E-state index < -0.39 is 0 Å². The van der Waals surface area contributed by atoms with Crippen LogP contribution in [0.5, 0.6) is 0 Å². The molecule has 1 aromatic heterocycles. The van der Waals surface area contributed by atoms with Crippen LogP contribution in [0, 0.1) is 0 Å². The van der Waals surface area contributed by atoms with Gasteiger partial charge < -0.3 is 4.90 Å². The monoisotopic (exact) mass is 705 g/mol. The molecule has 0 saturated heterocycles. The number of rotatable bonds is 7. The standard InChI is InChI=1S/C52H35NS/c1-4-14-36(15-5-1)37-26-30-43(31-27-37)53(50-25-13-24-48-47-23-12-22-46(51(47)54-52(48)50)39-16-6-2-7-17-39)44-32-28-38(29-33-44)42-34-41-20-10-11-21-45(41)49(35-42)40-18-8-3-9-19-40/h1-35H. The van der Waals surface area contributed by atoms with E-state index in [1.165, 1.54) is 81.1 Å². The van der Waals surface area contributed by atoms with Gasteiger partial charge in [0.05, 0.1) is 10.4 Å². The quantitative estimate of drug-likeness (QED) is 0.160. The summed E-state index contributed by atoms with van der Waals surface area (Å²) in [5, 5.41) is 5.07. The Morgan fingerprint density at radius 2 is 0.778 bits per heavy atom. The Morgan fingerprint density at radius 3 is 1.43 bits per heavy atom. The highest BCUT2D eigenvalue weighted by molar-refractivity contribution is 7.27. The van der Waals surface area contributed by atoms with Crippen LogP contribution < -0.4 is 4.90 Å².